The Balaban J connectivity index is 1.51. The first-order valence-corrected chi connectivity index (χ1v) is 11.7. The molecule has 4 nitrogen and oxygen atoms in total. The fourth-order valence-electron chi connectivity index (χ4n) is 5.00. The van der Waals surface area contributed by atoms with Crippen LogP contribution < -0.4 is 14.8 Å². The van der Waals surface area contributed by atoms with Crippen LogP contribution in [0.15, 0.2) is 42.5 Å². The third kappa shape index (κ3) is 4.73. The number of amides is 1. The molecule has 1 N–H and O–H groups in total. The molecule has 2 aromatic rings. The largest absolute Gasteiger partial charge is 0.487 e. The number of benzene rings is 2. The van der Waals surface area contributed by atoms with E-state index >= 15 is 0 Å². The van der Waals surface area contributed by atoms with Gasteiger partial charge < -0.3 is 14.8 Å². The Morgan fingerprint density at radius 1 is 1.10 bits per heavy atom. The van der Waals surface area contributed by atoms with E-state index in [1.807, 2.05) is 38.1 Å². The maximum atomic E-state index is 13.2. The number of hydrogen-bond acceptors (Lipinski definition) is 3. The third-order valence-electron chi connectivity index (χ3n) is 6.74. The second-order valence-corrected chi connectivity index (χ2v) is 9.60. The molecule has 0 bridgehead atoms. The molecule has 1 spiro atoms. The van der Waals surface area contributed by atoms with Gasteiger partial charge in [0.2, 0.25) is 0 Å². The molecule has 2 aromatic carbocycles. The maximum Gasteiger partial charge on any atom is 0.261 e. The van der Waals surface area contributed by atoms with Crippen molar-refractivity contribution in [3.63, 3.8) is 0 Å². The molecule has 166 valence electrons. The number of para-hydroxylation sites is 1. The van der Waals surface area contributed by atoms with Crippen LogP contribution in [-0.4, -0.2) is 17.6 Å². The Morgan fingerprint density at radius 2 is 1.84 bits per heavy atom. The van der Waals surface area contributed by atoms with Crippen LogP contribution in [-0.2, 0) is 4.79 Å². The summed E-state index contributed by atoms with van der Waals surface area (Å²) >= 11 is 0. The van der Waals surface area contributed by atoms with Crippen molar-refractivity contribution in [2.75, 3.05) is 0 Å². The van der Waals surface area contributed by atoms with Crippen LogP contribution in [0.2, 0.25) is 0 Å². The van der Waals surface area contributed by atoms with Crippen LogP contribution >= 0.6 is 0 Å². The van der Waals surface area contributed by atoms with E-state index in [2.05, 4.69) is 37.4 Å². The SMILES string of the molecule is Cc1ccc(C(C)C)c(OC(C)C(=O)NC2CC3(CCCCC3)Oc3ccccc32)c1. The summed E-state index contributed by atoms with van der Waals surface area (Å²) in [6.45, 7) is 8.17. The summed E-state index contributed by atoms with van der Waals surface area (Å²) in [5.74, 6) is 1.97. The van der Waals surface area contributed by atoms with Crippen LogP contribution in [0.5, 0.6) is 11.5 Å². The first kappa shape index (κ1) is 21.7. The van der Waals surface area contributed by atoms with Crippen LogP contribution in [0.1, 0.15) is 87.9 Å². The summed E-state index contributed by atoms with van der Waals surface area (Å²) in [4.78, 5) is 13.2. The van der Waals surface area contributed by atoms with Crippen molar-refractivity contribution in [1.82, 2.24) is 5.32 Å². The monoisotopic (exact) mass is 421 g/mol. The summed E-state index contributed by atoms with van der Waals surface area (Å²) in [6.07, 6.45) is 6.01. The Morgan fingerprint density at radius 3 is 2.58 bits per heavy atom. The minimum absolute atomic E-state index is 0.0521. The molecule has 0 saturated heterocycles. The summed E-state index contributed by atoms with van der Waals surface area (Å²) < 4.78 is 12.7. The van der Waals surface area contributed by atoms with Crippen molar-refractivity contribution in [1.29, 1.82) is 0 Å². The molecule has 0 radical (unpaired) electrons. The van der Waals surface area contributed by atoms with Gasteiger partial charge in [-0.15, -0.1) is 0 Å². The number of ether oxygens (including phenoxy) is 2. The second-order valence-electron chi connectivity index (χ2n) is 9.60. The quantitative estimate of drug-likeness (QED) is 0.623. The van der Waals surface area contributed by atoms with Gasteiger partial charge in [0, 0.05) is 12.0 Å². The molecule has 4 rings (SSSR count). The zero-order valence-corrected chi connectivity index (χ0v) is 19.2. The number of hydrogen-bond donors (Lipinski definition) is 1. The second kappa shape index (κ2) is 8.94. The predicted octanol–water partition coefficient (Wildman–Crippen LogP) is 6.23. The van der Waals surface area contributed by atoms with Gasteiger partial charge in [0.1, 0.15) is 17.1 Å². The molecule has 2 aliphatic rings. The van der Waals surface area contributed by atoms with Gasteiger partial charge in [-0.1, -0.05) is 50.6 Å². The molecule has 2 unspecified atom stereocenters. The lowest BCUT2D eigenvalue weighted by Crippen LogP contribution is -2.48. The van der Waals surface area contributed by atoms with Crippen LogP contribution in [0.3, 0.4) is 0 Å². The van der Waals surface area contributed by atoms with Gasteiger partial charge >= 0.3 is 0 Å². The summed E-state index contributed by atoms with van der Waals surface area (Å²) in [5, 5.41) is 3.29. The lowest BCUT2D eigenvalue weighted by atomic mass is 9.77. The number of rotatable bonds is 5. The van der Waals surface area contributed by atoms with E-state index in [4.69, 9.17) is 9.47 Å². The van der Waals surface area contributed by atoms with Gasteiger partial charge in [-0.2, -0.15) is 0 Å². The van der Waals surface area contributed by atoms with Crippen molar-refractivity contribution in [3.8, 4) is 11.5 Å². The predicted molar refractivity (Wildman–Crippen MR) is 124 cm³/mol. The van der Waals surface area contributed by atoms with Crippen molar-refractivity contribution < 1.29 is 14.3 Å². The third-order valence-corrected chi connectivity index (χ3v) is 6.74. The highest BCUT2D eigenvalue weighted by molar-refractivity contribution is 5.81. The zero-order chi connectivity index (χ0) is 22.0. The summed E-state index contributed by atoms with van der Waals surface area (Å²) in [5.41, 5.74) is 3.17. The van der Waals surface area contributed by atoms with Gasteiger partial charge in [0.25, 0.3) is 5.91 Å². The standard InChI is InChI=1S/C27H35NO3/c1-18(2)21-13-12-19(3)16-25(21)30-20(4)26(29)28-23-17-27(14-8-5-9-15-27)31-24-11-7-6-10-22(23)24/h6-7,10-13,16,18,20,23H,5,8-9,14-15,17H2,1-4H3,(H,28,29). The Bertz CT molecular complexity index is 930. The highest BCUT2D eigenvalue weighted by atomic mass is 16.5. The summed E-state index contributed by atoms with van der Waals surface area (Å²) in [7, 11) is 0. The van der Waals surface area contributed by atoms with Crippen LogP contribution in [0, 0.1) is 6.92 Å². The zero-order valence-electron chi connectivity index (χ0n) is 19.2. The first-order chi connectivity index (χ1) is 14.9. The first-order valence-electron chi connectivity index (χ1n) is 11.7. The highest BCUT2D eigenvalue weighted by Gasteiger charge is 2.42. The molecule has 1 fully saturated rings. The van der Waals surface area contributed by atoms with E-state index in [-0.39, 0.29) is 17.6 Å². The molecule has 31 heavy (non-hydrogen) atoms. The van der Waals surface area contributed by atoms with Crippen molar-refractivity contribution in [2.45, 2.75) is 89.9 Å². The molecule has 1 saturated carbocycles. The van der Waals surface area contributed by atoms with Crippen LogP contribution in [0.4, 0.5) is 0 Å². The molecular weight excluding hydrogens is 386 g/mol. The van der Waals surface area contributed by atoms with E-state index in [9.17, 15) is 4.79 Å². The number of nitrogens with one attached hydrogen (secondary N) is 1. The van der Waals surface area contributed by atoms with Gasteiger partial charge in [-0.25, -0.2) is 0 Å². The Kier molecular flexibility index (Phi) is 6.27. The fraction of sp³-hybridized carbons (Fsp3) is 0.519. The molecule has 1 heterocycles. The van der Waals surface area contributed by atoms with Crippen LogP contribution in [0.25, 0.3) is 0 Å². The Labute approximate surface area is 186 Å². The van der Waals surface area contributed by atoms with E-state index < -0.39 is 6.10 Å². The van der Waals surface area contributed by atoms with Gasteiger partial charge in [-0.05, 0) is 68.7 Å². The van der Waals surface area contributed by atoms with E-state index in [1.54, 1.807) is 0 Å². The van der Waals surface area contributed by atoms with E-state index in [1.165, 1.54) is 19.3 Å². The number of carbonyl (C=O) groups is 1. The molecule has 1 aliphatic heterocycles. The van der Waals surface area contributed by atoms with Gasteiger partial charge in [-0.3, -0.25) is 4.79 Å². The molecular formula is C27H35NO3. The smallest absolute Gasteiger partial charge is 0.261 e. The van der Waals surface area contributed by atoms with Gasteiger partial charge in [0.05, 0.1) is 6.04 Å². The van der Waals surface area contributed by atoms with Crippen molar-refractivity contribution >= 4 is 5.91 Å². The molecule has 0 aromatic heterocycles. The number of fused-ring (bicyclic) bond motifs is 1. The molecule has 4 heteroatoms. The normalized spacial score (nSPS) is 20.6. The molecule has 2 atom stereocenters. The van der Waals surface area contributed by atoms with E-state index in [0.29, 0.717) is 5.92 Å². The Hall–Kier alpha value is -2.49. The van der Waals surface area contributed by atoms with Crippen molar-refractivity contribution in [2.24, 2.45) is 0 Å². The molecule has 1 aliphatic carbocycles. The van der Waals surface area contributed by atoms with Gasteiger partial charge in [0.15, 0.2) is 6.10 Å². The van der Waals surface area contributed by atoms with E-state index in [0.717, 1.165) is 47.5 Å². The minimum atomic E-state index is -0.573. The molecule has 1 amide bonds. The fourth-order valence-corrected chi connectivity index (χ4v) is 5.00. The minimum Gasteiger partial charge on any atom is -0.487 e. The topological polar surface area (TPSA) is 47.6 Å². The lowest BCUT2D eigenvalue weighted by molar-refractivity contribution is -0.128. The maximum absolute atomic E-state index is 13.2. The average Bonchev–Trinajstić information content (AvgIpc) is 2.74. The average molecular weight is 422 g/mol. The lowest BCUT2D eigenvalue weighted by Gasteiger charge is -2.44. The number of carbonyl (C=O) groups excluding carboxylic acids is 1. The number of aryl methyl sites for hydroxylation is 1. The van der Waals surface area contributed by atoms with Crippen molar-refractivity contribution in [3.05, 3.63) is 59.2 Å². The summed E-state index contributed by atoms with van der Waals surface area (Å²) in [6, 6.07) is 14.3. The highest BCUT2D eigenvalue weighted by Crippen LogP contribution is 2.46.